The van der Waals surface area contributed by atoms with E-state index >= 15 is 0 Å². The first kappa shape index (κ1) is 35.1. The van der Waals surface area contributed by atoms with E-state index in [1.54, 1.807) is 0 Å². The van der Waals surface area contributed by atoms with Crippen molar-refractivity contribution in [3.8, 4) is 22.3 Å². The van der Waals surface area contributed by atoms with Crippen LogP contribution in [0.15, 0.2) is 218 Å². The molecule has 1 aliphatic heterocycles. The number of allylic oxidation sites excluding steroid dienone is 2. The van der Waals surface area contributed by atoms with Crippen LogP contribution in [0.4, 0.5) is 0 Å². The molecule has 1 heterocycles. The van der Waals surface area contributed by atoms with Gasteiger partial charge in [0, 0.05) is 0 Å². The van der Waals surface area contributed by atoms with Crippen LogP contribution >= 0.6 is 0 Å². The first-order valence-corrected chi connectivity index (χ1v) is 23.7. The SMILES string of the molecule is C[Si]1(C)C(c2ccc(-c3c4ccccc4cc4ccccc34)cc2)=C(c2ccccc2)C(c2ccccc2)=C1c1ccc(-c2c3ccccc3cc3ccccc23)cc1. The molecule has 10 aromatic rings. The second-order valence-corrected chi connectivity index (χ2v) is 20.6. The van der Waals surface area contributed by atoms with Crippen LogP contribution < -0.4 is 0 Å². The van der Waals surface area contributed by atoms with Gasteiger partial charge in [-0.1, -0.05) is 219 Å². The summed E-state index contributed by atoms with van der Waals surface area (Å²) in [4.78, 5) is 0. The molecule has 1 heteroatoms. The van der Waals surface area contributed by atoms with E-state index in [0.717, 1.165) is 0 Å². The molecule has 0 unspecified atom stereocenters. The molecule has 0 aliphatic carbocycles. The maximum absolute atomic E-state index is 2.56. The minimum Gasteiger partial charge on any atom is -0.0622 e. The van der Waals surface area contributed by atoms with Crippen molar-refractivity contribution in [2.75, 3.05) is 0 Å². The quantitative estimate of drug-likeness (QED) is 0.117. The fraction of sp³-hybridized carbons (Fsp3) is 0.0345. The molecule has 10 aromatic carbocycles. The molecule has 1 aliphatic rings. The van der Waals surface area contributed by atoms with E-state index < -0.39 is 8.07 Å². The molecule has 0 amide bonds. The fourth-order valence-electron chi connectivity index (χ4n) is 10.1. The molecular weight excluding hydrogens is 725 g/mol. The highest BCUT2D eigenvalue weighted by atomic mass is 28.3. The zero-order chi connectivity index (χ0) is 39.5. The maximum Gasteiger partial charge on any atom is 0.115 e. The fourth-order valence-corrected chi connectivity index (χ4v) is 13.9. The van der Waals surface area contributed by atoms with Gasteiger partial charge in [0.2, 0.25) is 0 Å². The molecule has 0 radical (unpaired) electrons. The molecule has 0 fully saturated rings. The predicted molar refractivity (Wildman–Crippen MR) is 258 cm³/mol. The van der Waals surface area contributed by atoms with Gasteiger partial charge in [0.05, 0.1) is 0 Å². The van der Waals surface area contributed by atoms with Gasteiger partial charge in [0.25, 0.3) is 0 Å². The Hall–Kier alpha value is -7.06. The van der Waals surface area contributed by atoms with Gasteiger partial charge in [0.15, 0.2) is 0 Å². The van der Waals surface area contributed by atoms with Gasteiger partial charge < -0.3 is 0 Å². The summed E-state index contributed by atoms with van der Waals surface area (Å²) in [6.07, 6.45) is 0. The lowest BCUT2D eigenvalue weighted by molar-refractivity contribution is 1.58. The van der Waals surface area contributed by atoms with Crippen LogP contribution in [-0.2, 0) is 0 Å². The third kappa shape index (κ3) is 5.81. The van der Waals surface area contributed by atoms with Crippen molar-refractivity contribution in [2.45, 2.75) is 13.1 Å². The smallest absolute Gasteiger partial charge is 0.0622 e. The number of hydrogen-bond donors (Lipinski definition) is 0. The van der Waals surface area contributed by atoms with Gasteiger partial charge in [-0.3, -0.25) is 0 Å². The monoisotopic (exact) mass is 766 g/mol. The van der Waals surface area contributed by atoms with Crippen molar-refractivity contribution in [1.82, 2.24) is 0 Å². The summed E-state index contributed by atoms with van der Waals surface area (Å²) in [7, 11) is -2.38. The standard InChI is InChI=1S/C58H42Si/c1-59(2)57(43-33-29-41(30-34-43)53-49-25-13-9-21-45(49)37-46-22-10-14-26-50(46)53)55(39-17-5-3-6-18-39)56(40-19-7-4-8-20-40)58(59)44-35-31-42(32-36-44)54-51-27-15-11-23-47(51)38-48-24-12-16-28-52(48)54/h3-38H,1-2H3. The van der Waals surface area contributed by atoms with Crippen molar-refractivity contribution in [1.29, 1.82) is 0 Å². The minimum absolute atomic E-state index is 1.24. The summed E-state index contributed by atoms with van der Waals surface area (Å²) < 4.78 is 0. The van der Waals surface area contributed by atoms with E-state index in [4.69, 9.17) is 0 Å². The molecule has 0 saturated heterocycles. The Morgan fingerprint density at radius 2 is 0.525 bits per heavy atom. The van der Waals surface area contributed by atoms with E-state index in [0.29, 0.717) is 0 Å². The molecule has 11 rings (SSSR count). The molecule has 0 bridgehead atoms. The van der Waals surface area contributed by atoms with Crippen LogP contribution in [0.3, 0.4) is 0 Å². The Morgan fingerprint density at radius 3 is 0.847 bits per heavy atom. The Balaban J connectivity index is 1.10. The van der Waals surface area contributed by atoms with Gasteiger partial charge in [-0.05, 0) is 121 Å². The number of fused-ring (bicyclic) bond motifs is 4. The molecule has 59 heavy (non-hydrogen) atoms. The second kappa shape index (κ2) is 14.1. The Bertz CT molecular complexity index is 2960. The van der Waals surface area contributed by atoms with Crippen LogP contribution in [0.2, 0.25) is 13.1 Å². The summed E-state index contributed by atoms with van der Waals surface area (Å²) in [6.45, 7) is 5.13. The Kier molecular flexibility index (Phi) is 8.39. The molecule has 0 saturated carbocycles. The van der Waals surface area contributed by atoms with Gasteiger partial charge >= 0.3 is 0 Å². The van der Waals surface area contributed by atoms with Crippen LogP contribution in [0.1, 0.15) is 22.3 Å². The van der Waals surface area contributed by atoms with Gasteiger partial charge in [0.1, 0.15) is 8.07 Å². The zero-order valence-electron chi connectivity index (χ0n) is 33.3. The first-order chi connectivity index (χ1) is 29.0. The molecule has 0 nitrogen and oxygen atoms in total. The predicted octanol–water partition coefficient (Wildman–Crippen LogP) is 16.0. The third-order valence-electron chi connectivity index (χ3n) is 12.6. The highest BCUT2D eigenvalue weighted by Gasteiger charge is 2.43. The lowest BCUT2D eigenvalue weighted by Gasteiger charge is -2.27. The Labute approximate surface area is 347 Å². The van der Waals surface area contributed by atoms with Crippen molar-refractivity contribution in [3.05, 3.63) is 241 Å². The van der Waals surface area contributed by atoms with Crippen LogP contribution in [0.25, 0.3) is 86.9 Å². The molecule has 278 valence electrons. The van der Waals surface area contributed by atoms with Crippen LogP contribution in [0.5, 0.6) is 0 Å². The minimum atomic E-state index is -2.38. The highest BCUT2D eigenvalue weighted by Crippen LogP contribution is 2.56. The van der Waals surface area contributed by atoms with Crippen molar-refractivity contribution >= 4 is 72.7 Å². The summed E-state index contributed by atoms with van der Waals surface area (Å²) in [5, 5.41) is 13.2. The van der Waals surface area contributed by atoms with Crippen LogP contribution in [-0.4, -0.2) is 8.07 Å². The number of rotatable bonds is 6. The third-order valence-corrected chi connectivity index (χ3v) is 16.2. The van der Waals surface area contributed by atoms with Crippen molar-refractivity contribution in [3.63, 3.8) is 0 Å². The zero-order valence-corrected chi connectivity index (χ0v) is 34.3. The molecule has 0 spiro atoms. The lowest BCUT2D eigenvalue weighted by atomic mass is 9.88. The normalized spacial score (nSPS) is 13.9. The Morgan fingerprint density at radius 1 is 0.254 bits per heavy atom. The second-order valence-electron chi connectivity index (χ2n) is 16.4. The molecular formula is C58H42Si. The number of hydrogen-bond acceptors (Lipinski definition) is 0. The topological polar surface area (TPSA) is 0 Å². The van der Waals surface area contributed by atoms with E-state index in [9.17, 15) is 0 Å². The summed E-state index contributed by atoms with van der Waals surface area (Å²) >= 11 is 0. The average molecular weight is 767 g/mol. The van der Waals surface area contributed by atoms with E-state index in [-0.39, 0.29) is 0 Å². The maximum atomic E-state index is 2.56. The van der Waals surface area contributed by atoms with Gasteiger partial charge in [-0.2, -0.15) is 0 Å². The van der Waals surface area contributed by atoms with E-state index in [1.807, 2.05) is 0 Å². The molecule has 0 N–H and O–H groups in total. The number of benzene rings is 10. The lowest BCUT2D eigenvalue weighted by Crippen LogP contribution is -2.28. The summed E-state index contributed by atoms with van der Waals surface area (Å²) in [5.41, 5.74) is 12.9. The largest absolute Gasteiger partial charge is 0.115 e. The highest BCUT2D eigenvalue weighted by molar-refractivity contribution is 7.13. The summed E-state index contributed by atoms with van der Waals surface area (Å²) in [5.74, 6) is 0. The first-order valence-electron chi connectivity index (χ1n) is 20.7. The molecule has 0 aromatic heterocycles. The van der Waals surface area contributed by atoms with Gasteiger partial charge in [-0.25, -0.2) is 0 Å². The van der Waals surface area contributed by atoms with Crippen molar-refractivity contribution < 1.29 is 0 Å². The van der Waals surface area contributed by atoms with Crippen LogP contribution in [0, 0.1) is 0 Å². The summed E-state index contributed by atoms with van der Waals surface area (Å²) in [6, 6.07) is 81.2. The van der Waals surface area contributed by atoms with E-state index in [1.165, 1.54) is 109 Å². The van der Waals surface area contributed by atoms with E-state index in [2.05, 4.69) is 231 Å². The molecule has 0 atom stereocenters. The van der Waals surface area contributed by atoms with Gasteiger partial charge in [-0.15, -0.1) is 0 Å². The van der Waals surface area contributed by atoms with Crippen molar-refractivity contribution in [2.24, 2.45) is 0 Å². The average Bonchev–Trinajstić information content (AvgIpc) is 3.54.